The third-order valence-electron chi connectivity index (χ3n) is 10.6. The number of ether oxygens (including phenoxy) is 7. The quantitative estimate of drug-likeness (QED) is 0.118. The molecule has 2 aromatic heterocycles. The molecule has 0 amide bonds. The predicted molar refractivity (Wildman–Crippen MR) is 180 cm³/mol. The molecule has 0 radical (unpaired) electrons. The number of methoxy groups -OCH3 is 2. The molecule has 0 bridgehead atoms. The first-order chi connectivity index (χ1) is 25.1. The van der Waals surface area contributed by atoms with E-state index in [-0.39, 0.29) is 11.7 Å². The summed E-state index contributed by atoms with van der Waals surface area (Å²) in [6.07, 6.45) is 0.207. The van der Waals surface area contributed by atoms with Crippen LogP contribution in [0.25, 0.3) is 10.9 Å². The smallest absolute Gasteiger partial charge is 0.317 e. The Labute approximate surface area is 297 Å². The average Bonchev–Trinajstić information content (AvgIpc) is 3.91. The second-order valence-electron chi connectivity index (χ2n) is 13.8. The fourth-order valence-corrected chi connectivity index (χ4v) is 8.28. The van der Waals surface area contributed by atoms with Crippen molar-refractivity contribution in [3.05, 3.63) is 65.6 Å². The number of aliphatic carboxylic acids is 1. The predicted octanol–water partition coefficient (Wildman–Crippen LogP) is 3.16. The van der Waals surface area contributed by atoms with Crippen LogP contribution in [0, 0.1) is 0 Å². The number of fused-ring (bicyclic) bond motifs is 7. The van der Waals surface area contributed by atoms with E-state index in [0.29, 0.717) is 29.5 Å². The Morgan fingerprint density at radius 1 is 1.02 bits per heavy atom. The van der Waals surface area contributed by atoms with E-state index in [1.165, 1.54) is 0 Å². The van der Waals surface area contributed by atoms with Crippen LogP contribution in [0.2, 0.25) is 0 Å². The van der Waals surface area contributed by atoms with Crippen molar-refractivity contribution < 1.29 is 63.2 Å². The highest BCUT2D eigenvalue weighted by Gasteiger charge is 2.58. The van der Waals surface area contributed by atoms with Crippen molar-refractivity contribution in [3.63, 3.8) is 0 Å². The first kappa shape index (κ1) is 34.1. The van der Waals surface area contributed by atoms with Crippen molar-refractivity contribution in [1.82, 2.24) is 9.55 Å². The molecule has 2 fully saturated rings. The summed E-state index contributed by atoms with van der Waals surface area (Å²) in [5, 5.41) is 42.2. The molecule has 5 heterocycles. The fourth-order valence-electron chi connectivity index (χ4n) is 8.28. The van der Waals surface area contributed by atoms with Gasteiger partial charge in [-0.3, -0.25) is 9.59 Å². The lowest BCUT2D eigenvalue weighted by Gasteiger charge is -2.44. The van der Waals surface area contributed by atoms with E-state index in [9.17, 15) is 24.9 Å². The van der Waals surface area contributed by atoms with E-state index in [4.69, 9.17) is 38.3 Å². The number of carboxylic acid groups (broad SMARTS) is 1. The number of carbonyl (C=O) groups is 2. The zero-order valence-corrected chi connectivity index (χ0v) is 28.5. The summed E-state index contributed by atoms with van der Waals surface area (Å²) in [6, 6.07) is 9.42. The molecule has 5 N–H and O–H groups in total. The van der Waals surface area contributed by atoms with Crippen LogP contribution in [0.4, 0.5) is 0 Å². The van der Waals surface area contributed by atoms with Gasteiger partial charge in [-0.05, 0) is 49.4 Å². The summed E-state index contributed by atoms with van der Waals surface area (Å²) in [7, 11) is 3.17. The summed E-state index contributed by atoms with van der Waals surface area (Å²) in [4.78, 5) is 26.0. The average molecular weight is 721 g/mol. The molecule has 4 aromatic rings. The number of rotatable bonds is 10. The SMILES string of the molecule is COc1ccc2c(c1OC)OC1c3c(Cn4cc5cc[nH]c5c4)cc(OC4OC(COC(=O)CC(=O)O)C(O)C(O)C4O)cc3OC3(CCCC3)C21. The summed E-state index contributed by atoms with van der Waals surface area (Å²) in [6.45, 7) is -0.187. The Hall–Kier alpha value is -4.96. The fraction of sp³-hybridized carbons (Fsp3) is 0.459. The Morgan fingerprint density at radius 2 is 1.83 bits per heavy atom. The lowest BCUT2D eigenvalue weighted by atomic mass is 9.73. The molecular weight excluding hydrogens is 680 g/mol. The van der Waals surface area contributed by atoms with Crippen LogP contribution in [-0.2, 0) is 25.6 Å². The van der Waals surface area contributed by atoms with E-state index in [0.717, 1.165) is 53.3 Å². The van der Waals surface area contributed by atoms with Crippen molar-refractivity contribution in [1.29, 1.82) is 0 Å². The Kier molecular flexibility index (Phi) is 8.68. The van der Waals surface area contributed by atoms with Crippen LogP contribution in [0.15, 0.2) is 48.9 Å². The minimum atomic E-state index is -1.72. The maximum absolute atomic E-state index is 11.9. The molecule has 7 unspecified atom stereocenters. The van der Waals surface area contributed by atoms with Gasteiger partial charge in [-0.25, -0.2) is 0 Å². The van der Waals surface area contributed by atoms with Gasteiger partial charge < -0.3 is 63.1 Å². The minimum absolute atomic E-state index is 0.146. The number of H-pyrrole nitrogens is 1. The molecule has 1 aliphatic carbocycles. The van der Waals surface area contributed by atoms with E-state index in [1.54, 1.807) is 26.4 Å². The number of carboxylic acids is 1. The van der Waals surface area contributed by atoms with Crippen LogP contribution in [0.1, 0.15) is 60.8 Å². The van der Waals surface area contributed by atoms with Crippen LogP contribution < -0.4 is 23.7 Å². The number of hydrogen-bond donors (Lipinski definition) is 5. The molecule has 7 atom stereocenters. The van der Waals surface area contributed by atoms with E-state index < -0.39 is 67.4 Å². The molecule has 8 rings (SSSR count). The van der Waals surface area contributed by atoms with Gasteiger partial charge in [-0.1, -0.05) is 6.07 Å². The normalized spacial score (nSPS) is 26.9. The zero-order valence-electron chi connectivity index (χ0n) is 28.5. The van der Waals surface area contributed by atoms with Gasteiger partial charge in [0.2, 0.25) is 12.0 Å². The molecule has 1 spiro atoms. The number of carbonyl (C=O) groups excluding carboxylic acids is 1. The van der Waals surface area contributed by atoms with Crippen LogP contribution >= 0.6 is 0 Å². The lowest BCUT2D eigenvalue weighted by Crippen LogP contribution is -2.60. The molecule has 2 aromatic carbocycles. The van der Waals surface area contributed by atoms with Crippen molar-refractivity contribution in [2.75, 3.05) is 20.8 Å². The lowest BCUT2D eigenvalue weighted by molar-refractivity contribution is -0.278. The third-order valence-corrected chi connectivity index (χ3v) is 10.6. The van der Waals surface area contributed by atoms with Crippen LogP contribution in [0.5, 0.6) is 28.7 Å². The number of nitrogens with zero attached hydrogens (tertiary/aromatic N) is 1. The van der Waals surface area contributed by atoms with E-state index >= 15 is 0 Å². The topological polar surface area (TPSA) is 200 Å². The summed E-state index contributed by atoms with van der Waals surface area (Å²) in [5.41, 5.74) is 2.98. The molecule has 15 heteroatoms. The maximum atomic E-state index is 11.9. The van der Waals surface area contributed by atoms with Gasteiger partial charge in [-0.2, -0.15) is 0 Å². The number of hydrogen-bond acceptors (Lipinski definition) is 12. The number of aliphatic hydroxyl groups excluding tert-OH is 3. The summed E-state index contributed by atoms with van der Waals surface area (Å²) >= 11 is 0. The standard InChI is InChI=1S/C37H40N2O13/c1-46-23-6-5-21-29-35(51-33(21)34(23)47-2)28-19(15-39-14-18-7-10-38-22(18)16-39)11-20(12-24(28)52-37(29)8-3-4-9-37)49-36-32(45)31(44)30(43)25(50-36)17-48-27(42)13-26(40)41/h5-7,10-12,14,16,25,29-32,35-36,38,43-45H,3-4,8-9,13,15,17H2,1-2H3,(H,40,41). The monoisotopic (exact) mass is 720 g/mol. The number of nitrogens with one attached hydrogen (secondary N) is 1. The van der Waals surface area contributed by atoms with Crippen molar-refractivity contribution in [2.24, 2.45) is 0 Å². The van der Waals surface area contributed by atoms with Gasteiger partial charge in [0.25, 0.3) is 0 Å². The molecular formula is C37H40N2O13. The number of esters is 1. The minimum Gasteiger partial charge on any atom is -0.493 e. The number of aliphatic hydroxyl groups is 3. The van der Waals surface area contributed by atoms with Crippen molar-refractivity contribution in [2.45, 2.75) is 87.0 Å². The van der Waals surface area contributed by atoms with Crippen LogP contribution in [0.3, 0.4) is 0 Å². The van der Waals surface area contributed by atoms with Gasteiger partial charge in [0.1, 0.15) is 60.6 Å². The number of benzene rings is 2. The highest BCUT2D eigenvalue weighted by atomic mass is 16.7. The Bertz CT molecular complexity index is 1970. The van der Waals surface area contributed by atoms with Gasteiger partial charge in [-0.15, -0.1) is 0 Å². The second kappa shape index (κ2) is 13.2. The first-order valence-corrected chi connectivity index (χ1v) is 17.2. The van der Waals surface area contributed by atoms with Crippen LogP contribution in [-0.4, -0.2) is 99.0 Å². The largest absolute Gasteiger partial charge is 0.493 e. The maximum Gasteiger partial charge on any atom is 0.317 e. The molecule has 15 nitrogen and oxygen atoms in total. The van der Waals surface area contributed by atoms with Crippen molar-refractivity contribution >= 4 is 22.8 Å². The highest BCUT2D eigenvalue weighted by Crippen LogP contribution is 2.64. The van der Waals surface area contributed by atoms with Gasteiger partial charge in [0, 0.05) is 47.7 Å². The third kappa shape index (κ3) is 5.77. The second-order valence-corrected chi connectivity index (χ2v) is 13.8. The molecule has 1 saturated heterocycles. The van der Waals surface area contributed by atoms with Crippen molar-refractivity contribution in [3.8, 4) is 28.7 Å². The first-order valence-electron chi connectivity index (χ1n) is 17.2. The molecule has 52 heavy (non-hydrogen) atoms. The molecule has 276 valence electrons. The Balaban J connectivity index is 1.18. The molecule has 3 aliphatic heterocycles. The number of aromatic nitrogens is 2. The van der Waals surface area contributed by atoms with Gasteiger partial charge in [0.15, 0.2) is 11.5 Å². The molecule has 1 saturated carbocycles. The number of aromatic amines is 1. The Morgan fingerprint density at radius 3 is 2.56 bits per heavy atom. The summed E-state index contributed by atoms with van der Waals surface area (Å²) in [5.74, 6) is -0.108. The highest BCUT2D eigenvalue weighted by molar-refractivity contribution is 5.90. The summed E-state index contributed by atoms with van der Waals surface area (Å²) < 4.78 is 44.4. The van der Waals surface area contributed by atoms with Gasteiger partial charge >= 0.3 is 11.9 Å². The molecule has 4 aliphatic rings. The van der Waals surface area contributed by atoms with Gasteiger partial charge in [0.05, 0.1) is 25.7 Å². The van der Waals surface area contributed by atoms with E-state index in [1.807, 2.05) is 41.4 Å². The van der Waals surface area contributed by atoms with E-state index in [2.05, 4.69) is 4.98 Å². The zero-order chi connectivity index (χ0) is 36.3.